The number of carbonyl (C=O) groups excluding carboxylic acids is 1. The van der Waals surface area contributed by atoms with E-state index in [0.29, 0.717) is 18.0 Å². The van der Waals surface area contributed by atoms with Crippen LogP contribution in [0.3, 0.4) is 0 Å². The van der Waals surface area contributed by atoms with Gasteiger partial charge in [-0.2, -0.15) is 0 Å². The standard InChI is InChI=1S/C18H18N2O2/c1-3-22-18(21)17-16(12-7-5-4-6-8-12)13-10-14(19)11(2)9-15(13)20-17/h4-10,20H,3,19H2,1-2H3. The topological polar surface area (TPSA) is 68.1 Å². The van der Waals surface area contributed by atoms with E-state index in [1.807, 2.05) is 49.4 Å². The molecule has 0 saturated carbocycles. The summed E-state index contributed by atoms with van der Waals surface area (Å²) in [6.45, 7) is 4.08. The number of nitrogens with two attached hydrogens (primary N) is 1. The first kappa shape index (κ1) is 14.2. The molecule has 0 saturated heterocycles. The molecule has 3 N–H and O–H groups in total. The highest BCUT2D eigenvalue weighted by Crippen LogP contribution is 2.35. The van der Waals surface area contributed by atoms with Gasteiger partial charge >= 0.3 is 5.97 Å². The summed E-state index contributed by atoms with van der Waals surface area (Å²) < 4.78 is 5.18. The third-order valence-corrected chi connectivity index (χ3v) is 3.73. The highest BCUT2D eigenvalue weighted by atomic mass is 16.5. The number of carbonyl (C=O) groups is 1. The van der Waals surface area contributed by atoms with Gasteiger partial charge in [-0.1, -0.05) is 30.3 Å². The van der Waals surface area contributed by atoms with Crippen molar-refractivity contribution in [2.24, 2.45) is 0 Å². The first-order valence-electron chi connectivity index (χ1n) is 7.26. The Kier molecular flexibility index (Phi) is 3.59. The molecule has 1 heterocycles. The second kappa shape index (κ2) is 5.56. The molecule has 0 amide bonds. The molecule has 0 unspecified atom stereocenters. The van der Waals surface area contributed by atoms with Crippen LogP contribution in [-0.4, -0.2) is 17.6 Å². The van der Waals surface area contributed by atoms with E-state index in [2.05, 4.69) is 4.98 Å². The number of nitrogen functional groups attached to an aromatic ring is 1. The van der Waals surface area contributed by atoms with Gasteiger partial charge in [-0.3, -0.25) is 0 Å². The lowest BCUT2D eigenvalue weighted by molar-refractivity contribution is 0.0521. The van der Waals surface area contributed by atoms with Crippen LogP contribution in [0.15, 0.2) is 42.5 Å². The van der Waals surface area contributed by atoms with Crippen molar-refractivity contribution < 1.29 is 9.53 Å². The van der Waals surface area contributed by atoms with E-state index in [1.165, 1.54) is 0 Å². The summed E-state index contributed by atoms with van der Waals surface area (Å²) >= 11 is 0. The van der Waals surface area contributed by atoms with E-state index in [9.17, 15) is 4.79 Å². The number of anilines is 1. The minimum absolute atomic E-state index is 0.337. The number of esters is 1. The van der Waals surface area contributed by atoms with Crippen molar-refractivity contribution in [2.75, 3.05) is 12.3 Å². The molecule has 4 heteroatoms. The lowest BCUT2D eigenvalue weighted by Gasteiger charge is -2.05. The summed E-state index contributed by atoms with van der Waals surface area (Å²) in [4.78, 5) is 15.5. The number of rotatable bonds is 3. The molecule has 0 atom stereocenters. The number of benzene rings is 2. The zero-order valence-corrected chi connectivity index (χ0v) is 12.6. The fraction of sp³-hybridized carbons (Fsp3) is 0.167. The molecule has 112 valence electrons. The Morgan fingerprint density at radius 2 is 1.95 bits per heavy atom. The van der Waals surface area contributed by atoms with Crippen LogP contribution < -0.4 is 5.73 Å². The average Bonchev–Trinajstić information content (AvgIpc) is 2.87. The fourth-order valence-corrected chi connectivity index (χ4v) is 2.63. The van der Waals surface area contributed by atoms with E-state index in [4.69, 9.17) is 10.5 Å². The second-order valence-corrected chi connectivity index (χ2v) is 5.22. The van der Waals surface area contributed by atoms with Crippen LogP contribution in [0.2, 0.25) is 0 Å². The van der Waals surface area contributed by atoms with Crippen LogP contribution in [0.4, 0.5) is 5.69 Å². The fourth-order valence-electron chi connectivity index (χ4n) is 2.63. The van der Waals surface area contributed by atoms with Crippen molar-refractivity contribution in [2.45, 2.75) is 13.8 Å². The van der Waals surface area contributed by atoms with Crippen LogP contribution in [0.1, 0.15) is 23.0 Å². The highest BCUT2D eigenvalue weighted by molar-refractivity contribution is 6.08. The average molecular weight is 294 g/mol. The summed E-state index contributed by atoms with van der Waals surface area (Å²) in [6, 6.07) is 13.6. The van der Waals surface area contributed by atoms with Crippen molar-refractivity contribution in [3.63, 3.8) is 0 Å². The summed E-state index contributed by atoms with van der Waals surface area (Å²) in [5.74, 6) is -0.353. The highest BCUT2D eigenvalue weighted by Gasteiger charge is 2.20. The van der Waals surface area contributed by atoms with Gasteiger partial charge in [0.1, 0.15) is 5.69 Å². The van der Waals surface area contributed by atoms with Gasteiger partial charge in [0.2, 0.25) is 0 Å². The Hall–Kier alpha value is -2.75. The number of hydrogen-bond acceptors (Lipinski definition) is 3. The molecule has 0 aliphatic carbocycles. The molecular formula is C18H18N2O2. The predicted octanol–water partition coefficient (Wildman–Crippen LogP) is 3.90. The zero-order valence-electron chi connectivity index (χ0n) is 12.6. The molecule has 1 aromatic heterocycles. The minimum Gasteiger partial charge on any atom is -0.461 e. The van der Waals surface area contributed by atoms with Gasteiger partial charge in [-0.05, 0) is 37.1 Å². The van der Waals surface area contributed by atoms with Gasteiger partial charge in [0, 0.05) is 22.2 Å². The number of aryl methyl sites for hydroxylation is 1. The molecule has 0 aliphatic heterocycles. The predicted molar refractivity (Wildman–Crippen MR) is 88.8 cm³/mol. The molecule has 2 aromatic carbocycles. The van der Waals surface area contributed by atoms with E-state index in [1.54, 1.807) is 6.92 Å². The van der Waals surface area contributed by atoms with Crippen LogP contribution in [0.25, 0.3) is 22.0 Å². The van der Waals surface area contributed by atoms with Crippen molar-refractivity contribution in [3.05, 3.63) is 53.7 Å². The lowest BCUT2D eigenvalue weighted by atomic mass is 10.0. The number of H-pyrrole nitrogens is 1. The largest absolute Gasteiger partial charge is 0.461 e. The van der Waals surface area contributed by atoms with Gasteiger partial charge in [-0.25, -0.2) is 4.79 Å². The van der Waals surface area contributed by atoms with Crippen molar-refractivity contribution in [1.82, 2.24) is 4.98 Å². The molecule has 0 bridgehead atoms. The van der Waals surface area contributed by atoms with Gasteiger partial charge in [0.05, 0.1) is 6.61 Å². The number of aromatic nitrogens is 1. The monoisotopic (exact) mass is 294 g/mol. The number of ether oxygens (including phenoxy) is 1. The minimum atomic E-state index is -0.353. The van der Waals surface area contributed by atoms with Gasteiger partial charge in [0.15, 0.2) is 0 Å². The van der Waals surface area contributed by atoms with Gasteiger partial charge in [0.25, 0.3) is 0 Å². The molecule has 0 fully saturated rings. The van der Waals surface area contributed by atoms with Gasteiger partial charge < -0.3 is 15.5 Å². The van der Waals surface area contributed by atoms with Gasteiger partial charge in [-0.15, -0.1) is 0 Å². The summed E-state index contributed by atoms with van der Waals surface area (Å²) in [5, 5.41) is 0.928. The van der Waals surface area contributed by atoms with Crippen LogP contribution in [0.5, 0.6) is 0 Å². The zero-order chi connectivity index (χ0) is 15.7. The first-order chi connectivity index (χ1) is 10.6. The van der Waals surface area contributed by atoms with Crippen molar-refractivity contribution in [1.29, 1.82) is 0 Å². The number of hydrogen-bond donors (Lipinski definition) is 2. The molecule has 0 aliphatic rings. The molecule has 3 rings (SSSR count). The van der Waals surface area contributed by atoms with Crippen molar-refractivity contribution in [3.8, 4) is 11.1 Å². The van der Waals surface area contributed by atoms with Crippen LogP contribution in [0, 0.1) is 6.92 Å². The third kappa shape index (κ3) is 2.33. The molecule has 0 spiro atoms. The second-order valence-electron chi connectivity index (χ2n) is 5.22. The van der Waals surface area contributed by atoms with E-state index < -0.39 is 0 Å². The van der Waals surface area contributed by atoms with Crippen LogP contribution in [-0.2, 0) is 4.74 Å². The maximum Gasteiger partial charge on any atom is 0.355 e. The molecule has 22 heavy (non-hydrogen) atoms. The van der Waals surface area contributed by atoms with Crippen LogP contribution >= 0.6 is 0 Å². The first-order valence-corrected chi connectivity index (χ1v) is 7.26. The quantitative estimate of drug-likeness (QED) is 0.568. The number of aromatic amines is 1. The maximum atomic E-state index is 12.3. The molecule has 3 aromatic rings. The SMILES string of the molecule is CCOC(=O)c1[nH]c2cc(C)c(N)cc2c1-c1ccccc1. The Bertz CT molecular complexity index is 835. The summed E-state index contributed by atoms with van der Waals surface area (Å²) in [7, 11) is 0. The molecular weight excluding hydrogens is 276 g/mol. The van der Waals surface area contributed by atoms with Crippen molar-refractivity contribution >= 4 is 22.6 Å². The number of nitrogens with one attached hydrogen (secondary N) is 1. The normalized spacial score (nSPS) is 10.8. The summed E-state index contributed by atoms with van der Waals surface area (Å²) in [5.41, 5.74) is 10.9. The Balaban J connectivity index is 2.32. The summed E-state index contributed by atoms with van der Waals surface area (Å²) in [6.07, 6.45) is 0. The maximum absolute atomic E-state index is 12.3. The smallest absolute Gasteiger partial charge is 0.355 e. The lowest BCUT2D eigenvalue weighted by Crippen LogP contribution is -2.06. The van der Waals surface area contributed by atoms with E-state index in [0.717, 1.165) is 27.6 Å². The Morgan fingerprint density at radius 1 is 1.23 bits per heavy atom. The van der Waals surface area contributed by atoms with E-state index in [-0.39, 0.29) is 5.97 Å². The Labute approximate surface area is 128 Å². The Morgan fingerprint density at radius 3 is 2.64 bits per heavy atom. The molecule has 4 nitrogen and oxygen atoms in total. The van der Waals surface area contributed by atoms with E-state index >= 15 is 0 Å². The third-order valence-electron chi connectivity index (χ3n) is 3.73. The molecule has 0 radical (unpaired) electrons. The number of fused-ring (bicyclic) bond motifs is 1.